The van der Waals surface area contributed by atoms with Gasteiger partial charge in [-0.15, -0.1) is 0 Å². The van der Waals surface area contributed by atoms with Gasteiger partial charge in [0, 0.05) is 11.3 Å². The summed E-state index contributed by atoms with van der Waals surface area (Å²) < 4.78 is 6.07. The van der Waals surface area contributed by atoms with Crippen LogP contribution < -0.4 is 15.6 Å². The first-order chi connectivity index (χ1) is 12.0. The summed E-state index contributed by atoms with van der Waals surface area (Å²) >= 11 is 0. The van der Waals surface area contributed by atoms with Crippen LogP contribution in [-0.2, 0) is 4.79 Å². The van der Waals surface area contributed by atoms with E-state index < -0.39 is 5.41 Å². The standard InChI is InChI=1S/C21H26N2O2/c1-4-5-8-13-25-18-12-11-15-9-6-7-10-16(15)17(18)14-19-21(2,3)20(24)23-22-19/h6-7,9-12,14,22H,4-5,8,13H2,1-3H3,(H,23,24)/b19-14-. The van der Waals surface area contributed by atoms with E-state index in [9.17, 15) is 4.79 Å². The molecule has 0 radical (unpaired) electrons. The number of carbonyl (C=O) groups is 1. The molecule has 0 aromatic heterocycles. The quantitative estimate of drug-likeness (QED) is 0.767. The van der Waals surface area contributed by atoms with Gasteiger partial charge in [-0.25, -0.2) is 0 Å². The fourth-order valence-corrected chi connectivity index (χ4v) is 3.00. The number of hydrogen-bond acceptors (Lipinski definition) is 3. The Morgan fingerprint density at radius 2 is 1.88 bits per heavy atom. The average molecular weight is 338 g/mol. The Bertz CT molecular complexity index is 809. The van der Waals surface area contributed by atoms with E-state index in [0.29, 0.717) is 6.61 Å². The van der Waals surface area contributed by atoms with Crippen LogP contribution in [0.15, 0.2) is 42.1 Å². The van der Waals surface area contributed by atoms with Crippen molar-refractivity contribution in [2.45, 2.75) is 40.0 Å². The van der Waals surface area contributed by atoms with Gasteiger partial charge in [0.1, 0.15) is 5.75 Å². The van der Waals surface area contributed by atoms with Gasteiger partial charge < -0.3 is 10.2 Å². The molecule has 3 rings (SSSR count). The molecule has 4 heteroatoms. The first kappa shape index (κ1) is 17.3. The van der Waals surface area contributed by atoms with E-state index in [0.717, 1.165) is 40.6 Å². The Hall–Kier alpha value is -2.49. The Labute approximate surface area is 149 Å². The Morgan fingerprint density at radius 3 is 2.60 bits per heavy atom. The largest absolute Gasteiger partial charge is 0.493 e. The minimum Gasteiger partial charge on any atom is -0.493 e. The smallest absolute Gasteiger partial charge is 0.249 e. The predicted octanol–water partition coefficient (Wildman–Crippen LogP) is 4.41. The molecule has 1 aliphatic heterocycles. The molecule has 0 bridgehead atoms. The highest BCUT2D eigenvalue weighted by Crippen LogP contribution is 2.35. The van der Waals surface area contributed by atoms with Crippen molar-refractivity contribution >= 4 is 22.8 Å². The highest BCUT2D eigenvalue weighted by atomic mass is 16.5. The molecule has 0 saturated carbocycles. The van der Waals surface area contributed by atoms with Gasteiger partial charge in [0.15, 0.2) is 0 Å². The molecule has 2 aromatic carbocycles. The van der Waals surface area contributed by atoms with Crippen LogP contribution in [0.25, 0.3) is 16.8 Å². The lowest BCUT2D eigenvalue weighted by Crippen LogP contribution is -2.28. The molecule has 1 heterocycles. The summed E-state index contributed by atoms with van der Waals surface area (Å²) in [6.07, 6.45) is 5.42. The van der Waals surface area contributed by atoms with Crippen LogP contribution in [-0.4, -0.2) is 12.5 Å². The number of fused-ring (bicyclic) bond motifs is 1. The van der Waals surface area contributed by atoms with Crippen LogP contribution in [0.2, 0.25) is 0 Å². The van der Waals surface area contributed by atoms with Crippen molar-refractivity contribution in [3.05, 3.63) is 47.7 Å². The number of carbonyl (C=O) groups excluding carboxylic acids is 1. The lowest BCUT2D eigenvalue weighted by molar-refractivity contribution is -0.125. The third-order valence-corrected chi connectivity index (χ3v) is 4.78. The molecule has 1 saturated heterocycles. The number of rotatable bonds is 6. The summed E-state index contributed by atoms with van der Waals surface area (Å²) in [4.78, 5) is 12.0. The minimum atomic E-state index is -0.587. The maximum absolute atomic E-state index is 12.0. The lowest BCUT2D eigenvalue weighted by atomic mass is 9.88. The SMILES string of the molecule is CCCCCOc1ccc2ccccc2c1/C=C1\NNC(=O)C1(C)C. The number of ether oxygens (including phenoxy) is 1. The van der Waals surface area contributed by atoms with E-state index >= 15 is 0 Å². The summed E-state index contributed by atoms with van der Waals surface area (Å²) in [7, 11) is 0. The van der Waals surface area contributed by atoms with Crippen LogP contribution in [0.5, 0.6) is 5.75 Å². The normalized spacial score (nSPS) is 17.6. The average Bonchev–Trinajstić information content (AvgIpc) is 2.86. The van der Waals surface area contributed by atoms with E-state index in [2.05, 4.69) is 36.0 Å². The number of hydrogen-bond donors (Lipinski definition) is 2. The summed E-state index contributed by atoms with van der Waals surface area (Å²) in [6.45, 7) is 6.72. The topological polar surface area (TPSA) is 50.4 Å². The van der Waals surface area contributed by atoms with E-state index in [1.165, 1.54) is 6.42 Å². The molecule has 0 unspecified atom stereocenters. The Kier molecular flexibility index (Phi) is 4.98. The van der Waals surface area contributed by atoms with E-state index in [1.807, 2.05) is 38.1 Å². The van der Waals surface area contributed by atoms with Gasteiger partial charge in [-0.2, -0.15) is 0 Å². The van der Waals surface area contributed by atoms with E-state index in [-0.39, 0.29) is 5.91 Å². The van der Waals surface area contributed by atoms with Gasteiger partial charge >= 0.3 is 0 Å². The molecule has 1 amide bonds. The van der Waals surface area contributed by atoms with E-state index in [1.54, 1.807) is 0 Å². The van der Waals surface area contributed by atoms with Crippen LogP contribution in [0.3, 0.4) is 0 Å². The maximum atomic E-state index is 12.0. The van der Waals surface area contributed by atoms with Gasteiger partial charge in [-0.05, 0) is 43.2 Å². The van der Waals surface area contributed by atoms with Crippen LogP contribution in [0.4, 0.5) is 0 Å². The number of unbranched alkanes of at least 4 members (excludes halogenated alkanes) is 2. The van der Waals surface area contributed by atoms with Gasteiger partial charge in [0.05, 0.1) is 12.0 Å². The predicted molar refractivity (Wildman–Crippen MR) is 102 cm³/mol. The highest BCUT2D eigenvalue weighted by Gasteiger charge is 2.38. The number of amides is 1. The molecular weight excluding hydrogens is 312 g/mol. The molecule has 132 valence electrons. The molecular formula is C21H26N2O2. The van der Waals surface area contributed by atoms with Crippen molar-refractivity contribution in [1.82, 2.24) is 10.9 Å². The lowest BCUT2D eigenvalue weighted by Gasteiger charge is -2.17. The summed E-state index contributed by atoms with van der Waals surface area (Å²) in [5, 5.41) is 2.28. The molecule has 0 spiro atoms. The second kappa shape index (κ2) is 7.18. The van der Waals surface area contributed by atoms with Crippen molar-refractivity contribution in [3.8, 4) is 5.75 Å². The third-order valence-electron chi connectivity index (χ3n) is 4.78. The number of nitrogens with one attached hydrogen (secondary N) is 2. The van der Waals surface area contributed by atoms with Gasteiger partial charge in [-0.3, -0.25) is 10.2 Å². The van der Waals surface area contributed by atoms with Gasteiger partial charge in [0.2, 0.25) is 5.91 Å². The summed E-state index contributed by atoms with van der Waals surface area (Å²) in [5.41, 5.74) is 7.01. The van der Waals surface area contributed by atoms with Crippen molar-refractivity contribution < 1.29 is 9.53 Å². The maximum Gasteiger partial charge on any atom is 0.249 e. The Morgan fingerprint density at radius 1 is 1.08 bits per heavy atom. The first-order valence-corrected chi connectivity index (χ1v) is 8.97. The second-order valence-corrected chi connectivity index (χ2v) is 7.02. The third kappa shape index (κ3) is 3.48. The fraction of sp³-hybridized carbons (Fsp3) is 0.381. The number of benzene rings is 2. The van der Waals surface area contributed by atoms with Gasteiger partial charge in [0.25, 0.3) is 0 Å². The second-order valence-electron chi connectivity index (χ2n) is 7.02. The fourth-order valence-electron chi connectivity index (χ4n) is 3.00. The molecule has 25 heavy (non-hydrogen) atoms. The van der Waals surface area contributed by atoms with Crippen LogP contribution in [0.1, 0.15) is 45.6 Å². The van der Waals surface area contributed by atoms with E-state index in [4.69, 9.17) is 4.74 Å². The van der Waals surface area contributed by atoms with Gasteiger partial charge in [-0.1, -0.05) is 50.1 Å². The molecule has 2 N–H and O–H groups in total. The zero-order valence-corrected chi connectivity index (χ0v) is 15.2. The number of hydrazine groups is 1. The molecule has 1 aliphatic rings. The molecule has 2 aromatic rings. The summed E-state index contributed by atoms with van der Waals surface area (Å²) in [6, 6.07) is 12.4. The molecule has 4 nitrogen and oxygen atoms in total. The Balaban J connectivity index is 2.03. The summed E-state index contributed by atoms with van der Waals surface area (Å²) in [5.74, 6) is 0.837. The highest BCUT2D eigenvalue weighted by molar-refractivity contribution is 5.95. The van der Waals surface area contributed by atoms with Crippen molar-refractivity contribution in [2.24, 2.45) is 5.41 Å². The van der Waals surface area contributed by atoms with Crippen molar-refractivity contribution in [1.29, 1.82) is 0 Å². The molecule has 0 aliphatic carbocycles. The molecule has 1 fully saturated rings. The van der Waals surface area contributed by atoms with Crippen LogP contribution in [0, 0.1) is 5.41 Å². The molecule has 0 atom stereocenters. The monoisotopic (exact) mass is 338 g/mol. The minimum absolute atomic E-state index is 0.0237. The zero-order valence-electron chi connectivity index (χ0n) is 15.2. The first-order valence-electron chi connectivity index (χ1n) is 8.97. The van der Waals surface area contributed by atoms with Crippen LogP contribution >= 0.6 is 0 Å². The van der Waals surface area contributed by atoms with Crippen molar-refractivity contribution in [3.63, 3.8) is 0 Å². The van der Waals surface area contributed by atoms with Crippen molar-refractivity contribution in [2.75, 3.05) is 6.61 Å². The zero-order chi connectivity index (χ0) is 17.9.